The average Bonchev–Trinajstić information content (AvgIpc) is 2.11. The lowest BCUT2D eigenvalue weighted by molar-refractivity contribution is 0.0595. The lowest BCUT2D eigenvalue weighted by Crippen LogP contribution is -2.47. The maximum atomic E-state index is 8.99. The molecule has 0 radical (unpaired) electrons. The number of aliphatic hydroxyl groups excluding tert-OH is 1. The molecule has 1 aliphatic carbocycles. The maximum absolute atomic E-state index is 8.99. The Balaban J connectivity index is 2.49. The van der Waals surface area contributed by atoms with Gasteiger partial charge in [-0.1, -0.05) is 13.3 Å². The minimum absolute atomic E-state index is 0.207. The highest BCUT2D eigenvalue weighted by molar-refractivity contribution is 4.88. The fraction of sp³-hybridized carbons (Fsp3) is 0.909. The third kappa shape index (κ3) is 2.70. The predicted octanol–water partition coefficient (Wildman–Crippen LogP) is 1.53. The molecule has 0 saturated heterocycles. The first-order valence-corrected chi connectivity index (χ1v) is 5.57. The van der Waals surface area contributed by atoms with Crippen molar-refractivity contribution in [2.75, 3.05) is 13.2 Å². The lowest BCUT2D eigenvalue weighted by atomic mass is 9.89. The van der Waals surface area contributed by atoms with Gasteiger partial charge in [-0.25, -0.2) is 0 Å². The standard InChI is InChI=1S/C11H20N2O/c1-2-10(6-7-12)13(8-9-14)11-4-3-5-11/h10-11,14H,2-6,8-9H2,1H3. The first-order chi connectivity index (χ1) is 6.83. The molecule has 0 bridgehead atoms. The molecular formula is C11H20N2O. The van der Waals surface area contributed by atoms with Crippen LogP contribution in [0, 0.1) is 11.3 Å². The van der Waals surface area contributed by atoms with Gasteiger partial charge in [0.1, 0.15) is 0 Å². The van der Waals surface area contributed by atoms with Crippen molar-refractivity contribution in [2.24, 2.45) is 0 Å². The van der Waals surface area contributed by atoms with E-state index in [4.69, 9.17) is 10.4 Å². The molecule has 1 saturated carbocycles. The molecule has 1 rings (SSSR count). The Bertz CT molecular complexity index is 196. The third-order valence-electron chi connectivity index (χ3n) is 3.17. The first-order valence-electron chi connectivity index (χ1n) is 5.57. The number of nitrogens with zero attached hydrogens (tertiary/aromatic N) is 2. The average molecular weight is 196 g/mol. The second-order valence-electron chi connectivity index (χ2n) is 3.97. The van der Waals surface area contributed by atoms with E-state index in [9.17, 15) is 0 Å². The van der Waals surface area contributed by atoms with Crippen molar-refractivity contribution >= 4 is 0 Å². The van der Waals surface area contributed by atoms with E-state index in [1.807, 2.05) is 0 Å². The van der Waals surface area contributed by atoms with E-state index < -0.39 is 0 Å². The maximum Gasteiger partial charge on any atom is 0.0638 e. The minimum atomic E-state index is 0.207. The van der Waals surface area contributed by atoms with Crippen molar-refractivity contribution in [3.05, 3.63) is 0 Å². The van der Waals surface area contributed by atoms with Crippen LogP contribution in [0.25, 0.3) is 0 Å². The molecule has 0 aromatic rings. The predicted molar refractivity (Wildman–Crippen MR) is 55.7 cm³/mol. The Labute approximate surface area is 86.3 Å². The monoisotopic (exact) mass is 196 g/mol. The van der Waals surface area contributed by atoms with Crippen molar-refractivity contribution in [3.63, 3.8) is 0 Å². The molecule has 0 aromatic carbocycles. The molecule has 3 heteroatoms. The summed E-state index contributed by atoms with van der Waals surface area (Å²) in [7, 11) is 0. The molecule has 1 fully saturated rings. The molecule has 0 aliphatic heterocycles. The second-order valence-corrected chi connectivity index (χ2v) is 3.97. The van der Waals surface area contributed by atoms with Gasteiger partial charge in [-0.3, -0.25) is 4.90 Å². The molecule has 3 nitrogen and oxygen atoms in total. The zero-order valence-electron chi connectivity index (χ0n) is 8.95. The van der Waals surface area contributed by atoms with Crippen molar-refractivity contribution in [3.8, 4) is 6.07 Å². The van der Waals surface area contributed by atoms with Crippen LogP contribution in [0.5, 0.6) is 0 Å². The van der Waals surface area contributed by atoms with Crippen LogP contribution in [0.1, 0.15) is 39.0 Å². The first kappa shape index (κ1) is 11.5. The summed E-state index contributed by atoms with van der Waals surface area (Å²) < 4.78 is 0. The van der Waals surface area contributed by atoms with Gasteiger partial charge in [-0.05, 0) is 19.3 Å². The summed E-state index contributed by atoms with van der Waals surface area (Å²) in [5, 5.41) is 17.7. The highest BCUT2D eigenvalue weighted by atomic mass is 16.3. The molecule has 1 unspecified atom stereocenters. The van der Waals surface area contributed by atoms with Crippen LogP contribution >= 0.6 is 0 Å². The second kappa shape index (κ2) is 6.00. The van der Waals surface area contributed by atoms with Crippen molar-refractivity contribution in [1.82, 2.24) is 4.90 Å². The van der Waals surface area contributed by atoms with Gasteiger partial charge in [-0.2, -0.15) is 5.26 Å². The molecule has 0 aromatic heterocycles. The van der Waals surface area contributed by atoms with E-state index >= 15 is 0 Å². The summed E-state index contributed by atoms with van der Waals surface area (Å²) in [6.07, 6.45) is 5.37. The van der Waals surface area contributed by atoms with Gasteiger partial charge in [0.15, 0.2) is 0 Å². The van der Waals surface area contributed by atoms with Crippen LogP contribution in [-0.2, 0) is 0 Å². The van der Waals surface area contributed by atoms with Gasteiger partial charge < -0.3 is 5.11 Å². The van der Waals surface area contributed by atoms with E-state index in [1.165, 1.54) is 19.3 Å². The summed E-state index contributed by atoms with van der Waals surface area (Å²) in [6, 6.07) is 3.21. The van der Waals surface area contributed by atoms with Gasteiger partial charge in [0.2, 0.25) is 0 Å². The van der Waals surface area contributed by atoms with E-state index in [2.05, 4.69) is 17.9 Å². The highest BCUT2D eigenvalue weighted by Gasteiger charge is 2.28. The van der Waals surface area contributed by atoms with Gasteiger partial charge >= 0.3 is 0 Å². The third-order valence-corrected chi connectivity index (χ3v) is 3.17. The summed E-state index contributed by atoms with van der Waals surface area (Å²) in [5.41, 5.74) is 0. The molecule has 0 spiro atoms. The van der Waals surface area contributed by atoms with Crippen LogP contribution in [0.4, 0.5) is 0 Å². The summed E-state index contributed by atoms with van der Waals surface area (Å²) in [4.78, 5) is 2.33. The topological polar surface area (TPSA) is 47.3 Å². The molecular weight excluding hydrogens is 176 g/mol. The van der Waals surface area contributed by atoms with Crippen LogP contribution in [-0.4, -0.2) is 35.2 Å². The fourth-order valence-corrected chi connectivity index (χ4v) is 2.10. The molecule has 14 heavy (non-hydrogen) atoms. The number of rotatable bonds is 6. The summed E-state index contributed by atoms with van der Waals surface area (Å²) >= 11 is 0. The Morgan fingerprint density at radius 1 is 1.57 bits per heavy atom. The Hall–Kier alpha value is -0.590. The van der Waals surface area contributed by atoms with E-state index in [0.29, 0.717) is 18.5 Å². The normalized spacial score (nSPS) is 19.0. The van der Waals surface area contributed by atoms with Gasteiger partial charge in [0.05, 0.1) is 19.1 Å². The zero-order chi connectivity index (χ0) is 10.4. The minimum Gasteiger partial charge on any atom is -0.395 e. The smallest absolute Gasteiger partial charge is 0.0638 e. The van der Waals surface area contributed by atoms with Gasteiger partial charge in [0.25, 0.3) is 0 Å². The largest absolute Gasteiger partial charge is 0.395 e. The number of nitriles is 1. The molecule has 1 N–H and O–H groups in total. The van der Waals surface area contributed by atoms with Gasteiger partial charge in [-0.15, -0.1) is 0 Å². The number of hydrogen-bond acceptors (Lipinski definition) is 3. The zero-order valence-corrected chi connectivity index (χ0v) is 8.95. The molecule has 0 amide bonds. The van der Waals surface area contributed by atoms with Crippen LogP contribution in [0.3, 0.4) is 0 Å². The Morgan fingerprint density at radius 2 is 2.29 bits per heavy atom. The van der Waals surface area contributed by atoms with Crippen LogP contribution in [0.15, 0.2) is 0 Å². The van der Waals surface area contributed by atoms with Crippen LogP contribution in [0.2, 0.25) is 0 Å². The summed E-state index contributed by atoms with van der Waals surface area (Å²) in [6.45, 7) is 3.05. The highest BCUT2D eigenvalue weighted by Crippen LogP contribution is 2.27. The molecule has 1 atom stereocenters. The SMILES string of the molecule is CCC(CC#N)N(CCO)C1CCC1. The van der Waals surface area contributed by atoms with E-state index in [1.54, 1.807) is 0 Å². The van der Waals surface area contributed by atoms with Crippen molar-refractivity contribution < 1.29 is 5.11 Å². The lowest BCUT2D eigenvalue weighted by Gasteiger charge is -2.41. The quantitative estimate of drug-likeness (QED) is 0.700. The number of aliphatic hydroxyl groups is 1. The van der Waals surface area contributed by atoms with Crippen LogP contribution < -0.4 is 0 Å². The molecule has 80 valence electrons. The van der Waals surface area contributed by atoms with Crippen molar-refractivity contribution in [1.29, 1.82) is 5.26 Å². The van der Waals surface area contributed by atoms with Crippen molar-refractivity contribution in [2.45, 2.75) is 51.1 Å². The molecule has 1 aliphatic rings. The molecule has 0 heterocycles. The van der Waals surface area contributed by atoms with E-state index in [-0.39, 0.29) is 6.61 Å². The summed E-state index contributed by atoms with van der Waals surface area (Å²) in [5.74, 6) is 0. The van der Waals surface area contributed by atoms with Gasteiger partial charge in [0, 0.05) is 18.6 Å². The Morgan fingerprint density at radius 3 is 2.64 bits per heavy atom. The van der Waals surface area contributed by atoms with E-state index in [0.717, 1.165) is 13.0 Å². The Kier molecular flexibility index (Phi) is 4.92. The number of hydrogen-bond donors (Lipinski definition) is 1. The fourth-order valence-electron chi connectivity index (χ4n) is 2.10.